The number of aliphatic hydroxyl groups is 1. The van der Waals surface area contributed by atoms with Gasteiger partial charge in [0, 0.05) is 6.08 Å². The van der Waals surface area contributed by atoms with Crippen molar-refractivity contribution >= 4 is 12.0 Å². The Balaban J connectivity index is 2.52. The summed E-state index contributed by atoms with van der Waals surface area (Å²) in [7, 11) is 4.10. The van der Waals surface area contributed by atoms with Gasteiger partial charge in [-0.15, -0.1) is 0 Å². The summed E-state index contributed by atoms with van der Waals surface area (Å²) in [6.07, 6.45) is 29.5. The molecule has 0 saturated heterocycles. The van der Waals surface area contributed by atoms with Crippen molar-refractivity contribution in [3.05, 3.63) is 29.8 Å². The van der Waals surface area contributed by atoms with Gasteiger partial charge in [0.05, 0.1) is 47.0 Å². The second-order valence-corrected chi connectivity index (χ2v) is 13.5. The highest BCUT2D eigenvalue weighted by molar-refractivity contribution is 5.91. The van der Waals surface area contributed by atoms with E-state index in [0.717, 1.165) is 36.4 Å². The number of likely N-dealkylation sites (N-methyl/N-ethyl adjacent to an activating group) is 1. The highest BCUT2D eigenvalue weighted by Gasteiger charge is 2.13. The van der Waals surface area contributed by atoms with Gasteiger partial charge in [0.1, 0.15) is 6.54 Å². The van der Waals surface area contributed by atoms with Gasteiger partial charge in [-0.3, -0.25) is 4.79 Å². The summed E-state index contributed by atoms with van der Waals surface area (Å²) in [5, 5.41) is 12.2. The molecule has 0 aromatic heterocycles. The SMILES string of the molecule is CCCCCCCCCCCCOc1ccc(/C=C/C(=O)NCC[N+](C)(C)CCO)cc1OCCCCCCCCCCCC. The van der Waals surface area contributed by atoms with Gasteiger partial charge in [-0.2, -0.15) is 0 Å². The third-order valence-corrected chi connectivity index (χ3v) is 8.63. The molecule has 0 spiro atoms. The molecule has 0 aliphatic rings. The maximum Gasteiger partial charge on any atom is 0.244 e. The second-order valence-electron chi connectivity index (χ2n) is 13.5. The van der Waals surface area contributed by atoms with E-state index in [1.807, 2.05) is 24.3 Å². The molecule has 0 aliphatic carbocycles. The minimum absolute atomic E-state index is 0.117. The van der Waals surface area contributed by atoms with Crippen LogP contribution in [0.3, 0.4) is 0 Å². The molecule has 0 bridgehead atoms. The van der Waals surface area contributed by atoms with E-state index in [0.29, 0.717) is 30.8 Å². The fourth-order valence-corrected chi connectivity index (χ4v) is 5.50. The summed E-state index contributed by atoms with van der Waals surface area (Å²) in [5.74, 6) is 1.44. The number of carbonyl (C=O) groups is 1. The van der Waals surface area contributed by atoms with Gasteiger partial charge >= 0.3 is 0 Å². The monoisotopic (exact) mass is 632 g/mol. The number of quaternary nitrogens is 1. The van der Waals surface area contributed by atoms with E-state index >= 15 is 0 Å². The van der Waals surface area contributed by atoms with Crippen molar-refractivity contribution < 1.29 is 23.9 Å². The molecule has 6 nitrogen and oxygen atoms in total. The van der Waals surface area contributed by atoms with Gasteiger partial charge in [-0.05, 0) is 36.6 Å². The van der Waals surface area contributed by atoms with Crippen LogP contribution in [0.2, 0.25) is 0 Å². The molecule has 0 radical (unpaired) electrons. The molecule has 1 amide bonds. The zero-order chi connectivity index (χ0) is 32.9. The Morgan fingerprint density at radius 3 is 1.64 bits per heavy atom. The molecule has 0 heterocycles. The number of benzene rings is 1. The number of carbonyl (C=O) groups excluding carboxylic acids is 1. The minimum Gasteiger partial charge on any atom is -0.490 e. The Morgan fingerprint density at radius 1 is 0.689 bits per heavy atom. The van der Waals surface area contributed by atoms with E-state index in [9.17, 15) is 9.90 Å². The van der Waals surface area contributed by atoms with E-state index in [2.05, 4.69) is 33.3 Å². The standard InChI is InChI=1S/C39H70N2O4/c1-5-7-9-11-13-15-17-19-21-23-33-44-37-27-25-36(26-28-39(43)40-29-30-41(3,4)31-32-42)35-38(37)45-34-24-22-20-18-16-14-12-10-8-6-2/h25-28,35,42H,5-24,29-34H2,1-4H3/p+1/b28-26+. The lowest BCUT2D eigenvalue weighted by molar-refractivity contribution is -0.889. The number of hydrogen-bond acceptors (Lipinski definition) is 4. The Kier molecular flexibility index (Phi) is 25.7. The van der Waals surface area contributed by atoms with Crippen LogP contribution in [-0.4, -0.2) is 69.0 Å². The quantitative estimate of drug-likeness (QED) is 0.0487. The fraction of sp³-hybridized carbons (Fsp3) is 0.769. The Morgan fingerprint density at radius 2 is 1.16 bits per heavy atom. The van der Waals surface area contributed by atoms with Gasteiger partial charge in [0.2, 0.25) is 5.91 Å². The number of nitrogens with zero attached hydrogens (tertiary/aromatic N) is 1. The molecule has 0 aliphatic heterocycles. The molecule has 260 valence electrons. The lowest BCUT2D eigenvalue weighted by Crippen LogP contribution is -2.46. The van der Waals surface area contributed by atoms with E-state index in [4.69, 9.17) is 9.47 Å². The Hall–Kier alpha value is -2.05. The molecule has 2 N–H and O–H groups in total. The number of rotatable bonds is 31. The number of nitrogens with one attached hydrogen (secondary N) is 1. The van der Waals surface area contributed by atoms with Gasteiger partial charge in [-0.25, -0.2) is 0 Å². The zero-order valence-corrected chi connectivity index (χ0v) is 29.9. The molecule has 0 unspecified atom stereocenters. The molecule has 6 heteroatoms. The van der Waals surface area contributed by atoms with Crippen LogP contribution in [0.5, 0.6) is 11.5 Å². The van der Waals surface area contributed by atoms with Crippen molar-refractivity contribution in [2.75, 3.05) is 53.6 Å². The number of amides is 1. The first-order chi connectivity index (χ1) is 21.9. The van der Waals surface area contributed by atoms with Crippen LogP contribution in [0.15, 0.2) is 24.3 Å². The first kappa shape index (κ1) is 41.0. The van der Waals surface area contributed by atoms with Gasteiger partial charge in [0.25, 0.3) is 0 Å². The number of hydrogen-bond donors (Lipinski definition) is 2. The smallest absolute Gasteiger partial charge is 0.244 e. The Labute approximate surface area is 277 Å². The van der Waals surface area contributed by atoms with Crippen LogP contribution in [0, 0.1) is 0 Å². The maximum absolute atomic E-state index is 12.4. The van der Waals surface area contributed by atoms with Gasteiger partial charge in [0.15, 0.2) is 11.5 Å². The van der Waals surface area contributed by atoms with E-state index < -0.39 is 0 Å². The molecule has 0 fully saturated rings. The van der Waals surface area contributed by atoms with Crippen molar-refractivity contribution in [2.45, 2.75) is 142 Å². The van der Waals surface area contributed by atoms with Crippen molar-refractivity contribution in [2.24, 2.45) is 0 Å². The van der Waals surface area contributed by atoms with Crippen LogP contribution in [0.25, 0.3) is 6.08 Å². The summed E-state index contributed by atoms with van der Waals surface area (Å²) in [6.45, 7) is 8.07. The van der Waals surface area contributed by atoms with Crippen LogP contribution < -0.4 is 14.8 Å². The summed E-state index contributed by atoms with van der Waals surface area (Å²) in [6, 6.07) is 5.97. The molecular weight excluding hydrogens is 560 g/mol. The molecule has 1 aromatic rings. The first-order valence-electron chi connectivity index (χ1n) is 18.7. The third kappa shape index (κ3) is 23.9. The number of unbranched alkanes of at least 4 members (excludes halogenated alkanes) is 18. The van der Waals surface area contributed by atoms with Crippen molar-refractivity contribution in [1.82, 2.24) is 5.32 Å². The molecule has 1 rings (SSSR count). The topological polar surface area (TPSA) is 67.8 Å². The van der Waals surface area contributed by atoms with E-state index in [1.54, 1.807) is 6.08 Å². The molecule has 45 heavy (non-hydrogen) atoms. The molecule has 1 aromatic carbocycles. The summed E-state index contributed by atoms with van der Waals surface area (Å²) in [5.41, 5.74) is 0.922. The van der Waals surface area contributed by atoms with Crippen LogP contribution in [0.1, 0.15) is 148 Å². The van der Waals surface area contributed by atoms with E-state index in [-0.39, 0.29) is 12.5 Å². The minimum atomic E-state index is -0.117. The predicted molar refractivity (Wildman–Crippen MR) is 192 cm³/mol. The van der Waals surface area contributed by atoms with Crippen molar-refractivity contribution in [3.63, 3.8) is 0 Å². The summed E-state index contributed by atoms with van der Waals surface area (Å²) < 4.78 is 13.1. The summed E-state index contributed by atoms with van der Waals surface area (Å²) in [4.78, 5) is 12.4. The maximum atomic E-state index is 12.4. The average molecular weight is 632 g/mol. The van der Waals surface area contributed by atoms with Gasteiger partial charge in [-0.1, -0.05) is 135 Å². The molecular formula is C39H71N2O4+. The lowest BCUT2D eigenvalue weighted by atomic mass is 10.1. The highest BCUT2D eigenvalue weighted by atomic mass is 16.5. The lowest BCUT2D eigenvalue weighted by Gasteiger charge is -2.28. The first-order valence-corrected chi connectivity index (χ1v) is 18.7. The number of ether oxygens (including phenoxy) is 2. The van der Waals surface area contributed by atoms with Crippen molar-refractivity contribution in [1.29, 1.82) is 0 Å². The molecule has 0 saturated carbocycles. The van der Waals surface area contributed by atoms with Crippen LogP contribution >= 0.6 is 0 Å². The van der Waals surface area contributed by atoms with Crippen LogP contribution in [0.4, 0.5) is 0 Å². The zero-order valence-electron chi connectivity index (χ0n) is 29.9. The number of aliphatic hydroxyl groups excluding tert-OH is 1. The Bertz CT molecular complexity index is 871. The van der Waals surface area contributed by atoms with Gasteiger partial charge < -0.3 is 24.4 Å². The predicted octanol–water partition coefficient (Wildman–Crippen LogP) is 9.48. The fourth-order valence-electron chi connectivity index (χ4n) is 5.50. The van der Waals surface area contributed by atoms with Crippen molar-refractivity contribution in [3.8, 4) is 11.5 Å². The highest BCUT2D eigenvalue weighted by Crippen LogP contribution is 2.30. The van der Waals surface area contributed by atoms with Crippen LogP contribution in [-0.2, 0) is 4.79 Å². The van der Waals surface area contributed by atoms with E-state index in [1.165, 1.54) is 116 Å². The third-order valence-electron chi connectivity index (χ3n) is 8.63. The second kappa shape index (κ2) is 28.2. The average Bonchev–Trinajstić information content (AvgIpc) is 3.02. The normalized spacial score (nSPS) is 11.8. The summed E-state index contributed by atoms with van der Waals surface area (Å²) >= 11 is 0. The molecule has 0 atom stereocenters. The largest absolute Gasteiger partial charge is 0.490 e.